The van der Waals surface area contributed by atoms with Crippen LogP contribution in [0.5, 0.6) is 5.75 Å². The second-order valence-electron chi connectivity index (χ2n) is 6.80. The van der Waals surface area contributed by atoms with E-state index in [1.54, 1.807) is 13.0 Å². The molecular weight excluding hydrogens is 350 g/mol. The number of benzene rings is 1. The summed E-state index contributed by atoms with van der Waals surface area (Å²) < 4.78 is 11.1. The van der Waals surface area contributed by atoms with E-state index >= 15 is 0 Å². The highest BCUT2D eigenvalue weighted by atomic mass is 16.5. The first kappa shape index (κ1) is 18.9. The number of aliphatic carboxylic acids is 1. The molecule has 1 aliphatic carbocycles. The molecule has 1 aromatic carbocycles. The highest BCUT2D eigenvalue weighted by Crippen LogP contribution is 2.32. The fraction of sp³-hybridized carbons (Fsp3) is 0.450. The molecule has 27 heavy (non-hydrogen) atoms. The Labute approximate surface area is 156 Å². The maximum absolute atomic E-state index is 12.2. The van der Waals surface area contributed by atoms with E-state index in [4.69, 9.17) is 14.3 Å². The summed E-state index contributed by atoms with van der Waals surface area (Å²) in [5.74, 6) is -1.14. The lowest BCUT2D eigenvalue weighted by atomic mass is 10.0. The second kappa shape index (κ2) is 7.82. The molecule has 1 aliphatic rings. The lowest BCUT2D eigenvalue weighted by Gasteiger charge is -2.15. The fourth-order valence-electron chi connectivity index (χ4n) is 3.54. The molecule has 0 saturated carbocycles. The van der Waals surface area contributed by atoms with Crippen LogP contribution in [0, 0.1) is 6.92 Å². The molecule has 0 radical (unpaired) electrons. The molecule has 2 aromatic rings. The van der Waals surface area contributed by atoms with Crippen LogP contribution in [0.1, 0.15) is 42.9 Å². The van der Waals surface area contributed by atoms with Crippen molar-refractivity contribution in [2.45, 2.75) is 52.0 Å². The van der Waals surface area contributed by atoms with Crippen LogP contribution in [-0.2, 0) is 22.4 Å². The summed E-state index contributed by atoms with van der Waals surface area (Å²) in [6.07, 6.45) is 3.54. The van der Waals surface area contributed by atoms with Gasteiger partial charge in [0.25, 0.3) is 5.91 Å². The Morgan fingerprint density at radius 2 is 2.04 bits per heavy atom. The van der Waals surface area contributed by atoms with Crippen molar-refractivity contribution in [2.24, 2.45) is 0 Å². The minimum atomic E-state index is -1.07. The van der Waals surface area contributed by atoms with E-state index in [0.29, 0.717) is 29.7 Å². The van der Waals surface area contributed by atoms with E-state index < -0.39 is 17.9 Å². The van der Waals surface area contributed by atoms with Crippen molar-refractivity contribution in [3.8, 4) is 5.75 Å². The molecule has 2 N–H and O–H groups in total. The highest BCUT2D eigenvalue weighted by molar-refractivity contribution is 5.87. The number of carboxylic acid groups (broad SMARTS) is 1. The lowest BCUT2D eigenvalue weighted by Crippen LogP contribution is -2.42. The summed E-state index contributed by atoms with van der Waals surface area (Å²) in [7, 11) is 0. The van der Waals surface area contributed by atoms with E-state index in [0.717, 1.165) is 35.8 Å². The Bertz CT molecular complexity index is 946. The van der Waals surface area contributed by atoms with Gasteiger partial charge in [0, 0.05) is 16.5 Å². The van der Waals surface area contributed by atoms with Gasteiger partial charge >= 0.3 is 11.6 Å². The van der Waals surface area contributed by atoms with Gasteiger partial charge in [-0.25, -0.2) is 9.59 Å². The number of carboxylic acids is 1. The predicted molar refractivity (Wildman–Crippen MR) is 99.2 cm³/mol. The summed E-state index contributed by atoms with van der Waals surface area (Å²) in [5, 5.41) is 12.5. The second-order valence-corrected chi connectivity index (χ2v) is 6.80. The third-order valence-electron chi connectivity index (χ3n) is 4.91. The van der Waals surface area contributed by atoms with Crippen LogP contribution in [-0.4, -0.2) is 29.6 Å². The Balaban J connectivity index is 1.77. The molecule has 0 aliphatic heterocycles. The van der Waals surface area contributed by atoms with Crippen LogP contribution < -0.4 is 15.7 Å². The number of rotatable bonds is 7. The van der Waals surface area contributed by atoms with Gasteiger partial charge in [0.15, 0.2) is 6.61 Å². The molecule has 0 unspecified atom stereocenters. The first-order valence-corrected chi connectivity index (χ1v) is 9.15. The average Bonchev–Trinajstić information content (AvgIpc) is 3.12. The van der Waals surface area contributed by atoms with Crippen LogP contribution in [0.2, 0.25) is 0 Å². The van der Waals surface area contributed by atoms with Gasteiger partial charge in [0.1, 0.15) is 17.4 Å². The summed E-state index contributed by atoms with van der Waals surface area (Å²) in [4.78, 5) is 35.3. The van der Waals surface area contributed by atoms with Crippen molar-refractivity contribution < 1.29 is 23.8 Å². The van der Waals surface area contributed by atoms with E-state index in [1.807, 2.05) is 13.0 Å². The smallest absolute Gasteiger partial charge is 0.339 e. The summed E-state index contributed by atoms with van der Waals surface area (Å²) in [6.45, 7) is 3.31. The quantitative estimate of drug-likeness (QED) is 0.722. The summed E-state index contributed by atoms with van der Waals surface area (Å²) >= 11 is 0. The molecule has 1 heterocycles. The van der Waals surface area contributed by atoms with Crippen LogP contribution in [0.3, 0.4) is 0 Å². The number of fused-ring (bicyclic) bond motifs is 3. The van der Waals surface area contributed by atoms with Crippen molar-refractivity contribution in [2.75, 3.05) is 6.61 Å². The number of amides is 1. The molecule has 1 aromatic heterocycles. The van der Waals surface area contributed by atoms with Crippen LogP contribution >= 0.6 is 0 Å². The van der Waals surface area contributed by atoms with Gasteiger partial charge in [-0.05, 0) is 50.3 Å². The van der Waals surface area contributed by atoms with Crippen molar-refractivity contribution >= 4 is 22.8 Å². The van der Waals surface area contributed by atoms with Crippen LogP contribution in [0.4, 0.5) is 0 Å². The number of hydrogen-bond donors (Lipinski definition) is 2. The molecule has 1 amide bonds. The number of aryl methyl sites for hydroxylation is 2. The average molecular weight is 373 g/mol. The standard InChI is InChI=1S/C20H23NO6/c1-3-5-15(19(23)24)21-17(22)10-26-16-9-8-13-12-6-4-7-14(12)20(25)27-18(13)11(16)2/h8-9,15H,3-7,10H2,1-2H3,(H,21,22)(H,23,24)/t15-/m0/s1. The maximum Gasteiger partial charge on any atom is 0.339 e. The Kier molecular flexibility index (Phi) is 5.48. The maximum atomic E-state index is 12.2. The van der Waals surface area contributed by atoms with Gasteiger partial charge in [0.05, 0.1) is 0 Å². The molecule has 0 spiro atoms. The van der Waals surface area contributed by atoms with Gasteiger partial charge in [-0.3, -0.25) is 4.79 Å². The number of hydrogen-bond acceptors (Lipinski definition) is 5. The van der Waals surface area contributed by atoms with Gasteiger partial charge in [0.2, 0.25) is 0 Å². The number of nitrogens with one attached hydrogen (secondary N) is 1. The molecule has 0 saturated heterocycles. The lowest BCUT2D eigenvalue weighted by molar-refractivity contribution is -0.142. The van der Waals surface area contributed by atoms with Crippen LogP contribution in [0.25, 0.3) is 11.0 Å². The minimum absolute atomic E-state index is 0.308. The summed E-state index contributed by atoms with van der Waals surface area (Å²) in [5.41, 5.74) is 2.61. The third kappa shape index (κ3) is 3.82. The summed E-state index contributed by atoms with van der Waals surface area (Å²) in [6, 6.07) is 2.67. The molecule has 0 bridgehead atoms. The zero-order chi connectivity index (χ0) is 19.6. The van der Waals surface area contributed by atoms with E-state index in [1.165, 1.54) is 0 Å². The van der Waals surface area contributed by atoms with Crippen molar-refractivity contribution in [1.82, 2.24) is 5.32 Å². The molecule has 0 fully saturated rings. The highest BCUT2D eigenvalue weighted by Gasteiger charge is 2.22. The number of carbonyl (C=O) groups excluding carboxylic acids is 1. The SMILES string of the molecule is CCC[C@H](NC(=O)COc1ccc2c3c(c(=O)oc2c1C)CCC3)C(=O)O. The van der Waals surface area contributed by atoms with E-state index in [-0.39, 0.29) is 12.2 Å². The zero-order valence-corrected chi connectivity index (χ0v) is 15.5. The van der Waals surface area contributed by atoms with Crippen molar-refractivity contribution in [3.63, 3.8) is 0 Å². The van der Waals surface area contributed by atoms with Crippen molar-refractivity contribution in [1.29, 1.82) is 0 Å². The molecule has 144 valence electrons. The topological polar surface area (TPSA) is 106 Å². The molecule has 3 rings (SSSR count). The van der Waals surface area contributed by atoms with Crippen LogP contribution in [0.15, 0.2) is 21.3 Å². The number of carbonyl (C=O) groups is 2. The number of ether oxygens (including phenoxy) is 1. The normalized spacial score (nSPS) is 14.0. The first-order chi connectivity index (χ1) is 12.9. The molecule has 7 heteroatoms. The minimum Gasteiger partial charge on any atom is -0.483 e. The zero-order valence-electron chi connectivity index (χ0n) is 15.5. The predicted octanol–water partition coefficient (Wildman–Crippen LogP) is 2.34. The van der Waals surface area contributed by atoms with Crippen molar-refractivity contribution in [3.05, 3.63) is 39.2 Å². The van der Waals surface area contributed by atoms with Gasteiger partial charge < -0.3 is 19.6 Å². The Hall–Kier alpha value is -2.83. The van der Waals surface area contributed by atoms with Gasteiger partial charge in [-0.15, -0.1) is 0 Å². The largest absolute Gasteiger partial charge is 0.483 e. The first-order valence-electron chi connectivity index (χ1n) is 9.15. The fourth-order valence-corrected chi connectivity index (χ4v) is 3.54. The van der Waals surface area contributed by atoms with E-state index in [9.17, 15) is 14.4 Å². The Morgan fingerprint density at radius 1 is 1.30 bits per heavy atom. The monoisotopic (exact) mass is 373 g/mol. The van der Waals surface area contributed by atoms with Gasteiger partial charge in [-0.1, -0.05) is 13.3 Å². The third-order valence-corrected chi connectivity index (χ3v) is 4.91. The Morgan fingerprint density at radius 3 is 2.74 bits per heavy atom. The van der Waals surface area contributed by atoms with E-state index in [2.05, 4.69) is 5.32 Å². The molecule has 7 nitrogen and oxygen atoms in total. The molecular formula is C20H23NO6. The van der Waals surface area contributed by atoms with Gasteiger partial charge in [-0.2, -0.15) is 0 Å². The molecule has 1 atom stereocenters.